The van der Waals surface area contributed by atoms with Crippen molar-refractivity contribution in [3.63, 3.8) is 0 Å². The van der Waals surface area contributed by atoms with Crippen molar-refractivity contribution in [3.05, 3.63) is 68.4 Å². The van der Waals surface area contributed by atoms with Gasteiger partial charge in [-0.2, -0.15) is 10.1 Å². The maximum Gasteiger partial charge on any atom is 0.332 e. The van der Waals surface area contributed by atoms with Crippen LogP contribution in [-0.2, 0) is 26.7 Å². The number of rotatable bonds is 4. The molecular weight excluding hydrogens is 368 g/mol. The van der Waals surface area contributed by atoms with Gasteiger partial charge in [-0.1, -0.05) is 42.0 Å². The van der Waals surface area contributed by atoms with Crippen molar-refractivity contribution in [3.8, 4) is 0 Å². The van der Waals surface area contributed by atoms with Crippen LogP contribution >= 0.6 is 0 Å². The number of nitrogens with zero attached hydrogens (tertiary/aromatic N) is 6. The summed E-state index contributed by atoms with van der Waals surface area (Å²) in [7, 11) is 1.65. The van der Waals surface area contributed by atoms with Gasteiger partial charge in [-0.15, -0.1) is 0 Å². The first-order valence-corrected chi connectivity index (χ1v) is 9.59. The van der Waals surface area contributed by atoms with Gasteiger partial charge in [-0.3, -0.25) is 18.5 Å². The molecule has 3 aromatic rings. The number of hydrogen-bond donors (Lipinski definition) is 0. The molecule has 1 aliphatic rings. The van der Waals surface area contributed by atoms with Crippen LogP contribution in [0.5, 0.6) is 0 Å². The standard InChI is InChI=1S/C21H24N6O2/c1-5-6-10-25-19(28)17-18(24(4)21(25)29)22-20-26(17)12-15(3)23-27(20)13-16-9-7-8-14(2)11-16/h5-9,11H,10,12-13H2,1-4H3. The van der Waals surface area contributed by atoms with E-state index in [0.29, 0.717) is 30.2 Å². The molecule has 0 saturated heterocycles. The van der Waals surface area contributed by atoms with E-state index in [-0.39, 0.29) is 17.8 Å². The normalized spacial score (nSPS) is 13.9. The van der Waals surface area contributed by atoms with E-state index in [1.54, 1.807) is 18.1 Å². The Labute approximate surface area is 168 Å². The Morgan fingerprint density at radius 2 is 2.00 bits per heavy atom. The van der Waals surface area contributed by atoms with E-state index >= 15 is 0 Å². The highest BCUT2D eigenvalue weighted by Crippen LogP contribution is 2.25. The summed E-state index contributed by atoms with van der Waals surface area (Å²) in [4.78, 5) is 30.5. The lowest BCUT2D eigenvalue weighted by Crippen LogP contribution is -2.39. The van der Waals surface area contributed by atoms with Gasteiger partial charge in [-0.05, 0) is 26.3 Å². The summed E-state index contributed by atoms with van der Waals surface area (Å²) in [5, 5.41) is 6.46. The maximum absolute atomic E-state index is 13.2. The Hall–Kier alpha value is -3.42. The van der Waals surface area contributed by atoms with Crippen molar-refractivity contribution in [2.24, 2.45) is 12.1 Å². The Morgan fingerprint density at radius 3 is 2.72 bits per heavy atom. The minimum Gasteiger partial charge on any atom is -0.297 e. The minimum absolute atomic E-state index is 0.235. The predicted molar refractivity (Wildman–Crippen MR) is 115 cm³/mol. The van der Waals surface area contributed by atoms with E-state index in [4.69, 9.17) is 0 Å². The second-order valence-corrected chi connectivity index (χ2v) is 7.38. The molecule has 0 bridgehead atoms. The molecular formula is C21H24N6O2. The van der Waals surface area contributed by atoms with Gasteiger partial charge in [0.05, 0.1) is 18.8 Å². The van der Waals surface area contributed by atoms with Gasteiger partial charge >= 0.3 is 5.69 Å². The minimum atomic E-state index is -0.376. The topological polar surface area (TPSA) is 77.4 Å². The molecule has 0 aliphatic carbocycles. The van der Waals surface area contributed by atoms with E-state index in [9.17, 15) is 9.59 Å². The maximum atomic E-state index is 13.2. The van der Waals surface area contributed by atoms with Gasteiger partial charge in [-0.25, -0.2) is 9.80 Å². The predicted octanol–water partition coefficient (Wildman–Crippen LogP) is 2.18. The monoisotopic (exact) mass is 392 g/mol. The van der Waals surface area contributed by atoms with Gasteiger partial charge in [0.15, 0.2) is 11.2 Å². The Morgan fingerprint density at radius 1 is 1.21 bits per heavy atom. The van der Waals surface area contributed by atoms with Crippen LogP contribution in [0.15, 0.2) is 51.1 Å². The molecule has 0 spiro atoms. The molecule has 1 aromatic carbocycles. The fourth-order valence-corrected chi connectivity index (χ4v) is 3.68. The first-order valence-electron chi connectivity index (χ1n) is 9.59. The van der Waals surface area contributed by atoms with E-state index in [1.807, 2.05) is 49.6 Å². The highest BCUT2D eigenvalue weighted by Gasteiger charge is 2.26. The zero-order valence-corrected chi connectivity index (χ0v) is 17.1. The van der Waals surface area contributed by atoms with Crippen molar-refractivity contribution < 1.29 is 0 Å². The second kappa shape index (κ2) is 7.20. The van der Waals surface area contributed by atoms with Crippen LogP contribution in [0, 0.1) is 6.92 Å². The molecule has 1 aliphatic heterocycles. The average Bonchev–Trinajstić information content (AvgIpc) is 3.06. The van der Waals surface area contributed by atoms with Crippen LogP contribution in [0.4, 0.5) is 5.95 Å². The number of fused-ring (bicyclic) bond motifs is 3. The van der Waals surface area contributed by atoms with E-state index in [1.165, 1.54) is 14.7 Å². The summed E-state index contributed by atoms with van der Waals surface area (Å²) in [6, 6.07) is 8.20. The summed E-state index contributed by atoms with van der Waals surface area (Å²) in [6.45, 7) is 7.07. The van der Waals surface area contributed by atoms with Crippen LogP contribution in [0.3, 0.4) is 0 Å². The molecule has 8 nitrogen and oxygen atoms in total. The lowest BCUT2D eigenvalue weighted by Gasteiger charge is -2.25. The molecule has 150 valence electrons. The molecule has 0 fully saturated rings. The molecule has 4 rings (SSSR count). The van der Waals surface area contributed by atoms with Crippen LogP contribution in [0.25, 0.3) is 11.2 Å². The van der Waals surface area contributed by atoms with Crippen molar-refractivity contribution >= 4 is 22.8 Å². The molecule has 29 heavy (non-hydrogen) atoms. The lowest BCUT2D eigenvalue weighted by atomic mass is 10.1. The summed E-state index contributed by atoms with van der Waals surface area (Å²) in [5.41, 5.74) is 3.24. The van der Waals surface area contributed by atoms with E-state index in [0.717, 1.165) is 11.3 Å². The van der Waals surface area contributed by atoms with Crippen molar-refractivity contribution in [2.45, 2.75) is 40.4 Å². The van der Waals surface area contributed by atoms with Gasteiger partial charge in [0.25, 0.3) is 5.56 Å². The van der Waals surface area contributed by atoms with Crippen LogP contribution in [-0.4, -0.2) is 24.4 Å². The van der Waals surface area contributed by atoms with Crippen LogP contribution < -0.4 is 16.3 Å². The molecule has 8 heteroatoms. The summed E-state index contributed by atoms with van der Waals surface area (Å²) >= 11 is 0. The number of benzene rings is 1. The number of aromatic nitrogens is 4. The van der Waals surface area contributed by atoms with Gasteiger partial charge in [0.2, 0.25) is 5.95 Å². The summed E-state index contributed by atoms with van der Waals surface area (Å²) < 4.78 is 4.54. The summed E-state index contributed by atoms with van der Waals surface area (Å²) in [6.07, 6.45) is 3.61. The number of aryl methyl sites for hydroxylation is 2. The molecule has 3 heterocycles. The SMILES string of the molecule is CC=CCn1c(=O)c2c(nc3n2CC(C)=NN3Cc2cccc(C)c2)n(C)c1=O. The zero-order chi connectivity index (χ0) is 20.7. The van der Waals surface area contributed by atoms with Crippen LogP contribution in [0.1, 0.15) is 25.0 Å². The number of anilines is 1. The molecule has 0 atom stereocenters. The number of hydrazone groups is 1. The molecule has 2 aromatic heterocycles. The molecule has 0 amide bonds. The molecule has 0 N–H and O–H groups in total. The third kappa shape index (κ3) is 3.20. The Kier molecular flexibility index (Phi) is 4.70. The molecule has 0 unspecified atom stereocenters. The van der Waals surface area contributed by atoms with Crippen molar-refractivity contribution in [1.29, 1.82) is 0 Å². The first kappa shape index (κ1) is 18.9. The van der Waals surface area contributed by atoms with E-state index < -0.39 is 0 Å². The van der Waals surface area contributed by atoms with Gasteiger partial charge < -0.3 is 0 Å². The number of allylic oxidation sites excluding steroid dienone is 2. The first-order chi connectivity index (χ1) is 13.9. The Balaban J connectivity index is 1.90. The fraction of sp³-hybridized carbons (Fsp3) is 0.333. The quantitative estimate of drug-likeness (QED) is 0.638. The number of hydrogen-bond acceptors (Lipinski definition) is 5. The highest BCUT2D eigenvalue weighted by atomic mass is 16.2. The third-order valence-corrected chi connectivity index (χ3v) is 5.06. The van der Waals surface area contributed by atoms with Crippen molar-refractivity contribution in [2.75, 3.05) is 5.01 Å². The van der Waals surface area contributed by atoms with Gasteiger partial charge in [0, 0.05) is 13.6 Å². The second-order valence-electron chi connectivity index (χ2n) is 7.38. The third-order valence-electron chi connectivity index (χ3n) is 5.06. The Bertz CT molecular complexity index is 1270. The fourth-order valence-electron chi connectivity index (χ4n) is 3.68. The highest BCUT2D eigenvalue weighted by molar-refractivity contribution is 5.87. The van der Waals surface area contributed by atoms with E-state index in [2.05, 4.69) is 16.2 Å². The summed E-state index contributed by atoms with van der Waals surface area (Å²) in [5.74, 6) is 0.572. The van der Waals surface area contributed by atoms with Crippen LogP contribution in [0.2, 0.25) is 0 Å². The van der Waals surface area contributed by atoms with Gasteiger partial charge in [0.1, 0.15) is 0 Å². The largest absolute Gasteiger partial charge is 0.332 e. The lowest BCUT2D eigenvalue weighted by molar-refractivity contribution is 0.662. The zero-order valence-electron chi connectivity index (χ0n) is 17.1. The van der Waals surface area contributed by atoms with Crippen molar-refractivity contribution in [1.82, 2.24) is 18.7 Å². The number of imidazole rings is 1. The smallest absolute Gasteiger partial charge is 0.297 e. The average molecular weight is 392 g/mol. The molecule has 0 saturated carbocycles. The molecule has 0 radical (unpaired) electrons.